The summed E-state index contributed by atoms with van der Waals surface area (Å²) in [5, 5.41) is 3.37. The Morgan fingerprint density at radius 2 is 1.85 bits per heavy atom. The number of hydrogen-bond donors (Lipinski definition) is 1. The van der Waals surface area contributed by atoms with Gasteiger partial charge >= 0.3 is 0 Å². The zero-order chi connectivity index (χ0) is 14.5. The highest BCUT2D eigenvalue weighted by Crippen LogP contribution is 2.12. The second-order valence-corrected chi connectivity index (χ2v) is 5.43. The molecule has 2 nitrogen and oxygen atoms in total. The molecule has 1 N–H and O–H groups in total. The highest BCUT2D eigenvalue weighted by Gasteiger charge is 2.05. The minimum absolute atomic E-state index is 0.473. The highest BCUT2D eigenvalue weighted by atomic mass is 19.1. The van der Waals surface area contributed by atoms with Crippen LogP contribution in [0.25, 0.3) is 0 Å². The first-order chi connectivity index (χ1) is 9.54. The van der Waals surface area contributed by atoms with Gasteiger partial charge in [0.1, 0.15) is 11.6 Å². The van der Waals surface area contributed by atoms with Gasteiger partial charge in [0, 0.05) is 31.0 Å². The SMILES string of the molecule is CC(C)CNCc1cccn1Cc1cc(F)cc(F)c1. The Morgan fingerprint density at radius 1 is 1.15 bits per heavy atom. The van der Waals surface area contributed by atoms with Crippen molar-refractivity contribution < 1.29 is 8.78 Å². The molecule has 20 heavy (non-hydrogen) atoms. The van der Waals surface area contributed by atoms with Crippen molar-refractivity contribution in [1.29, 1.82) is 0 Å². The van der Waals surface area contributed by atoms with Crippen LogP contribution in [-0.2, 0) is 13.1 Å². The van der Waals surface area contributed by atoms with E-state index in [-0.39, 0.29) is 0 Å². The zero-order valence-electron chi connectivity index (χ0n) is 11.9. The zero-order valence-corrected chi connectivity index (χ0v) is 11.9. The lowest BCUT2D eigenvalue weighted by atomic mass is 10.2. The van der Waals surface area contributed by atoms with Gasteiger partial charge in [-0.25, -0.2) is 8.78 Å². The second-order valence-electron chi connectivity index (χ2n) is 5.43. The first kappa shape index (κ1) is 14.7. The van der Waals surface area contributed by atoms with E-state index in [1.165, 1.54) is 12.1 Å². The van der Waals surface area contributed by atoms with Crippen LogP contribution in [0.3, 0.4) is 0 Å². The number of halogens is 2. The van der Waals surface area contributed by atoms with E-state index in [0.29, 0.717) is 18.0 Å². The minimum Gasteiger partial charge on any atom is -0.346 e. The van der Waals surface area contributed by atoms with Crippen LogP contribution in [0.2, 0.25) is 0 Å². The molecule has 0 saturated carbocycles. The molecule has 0 aliphatic carbocycles. The number of nitrogens with one attached hydrogen (secondary N) is 1. The smallest absolute Gasteiger partial charge is 0.126 e. The predicted octanol–water partition coefficient (Wildman–Crippen LogP) is 3.56. The van der Waals surface area contributed by atoms with Gasteiger partial charge in [-0.3, -0.25) is 0 Å². The largest absolute Gasteiger partial charge is 0.346 e. The van der Waals surface area contributed by atoms with Gasteiger partial charge in [-0.2, -0.15) is 0 Å². The number of benzene rings is 1. The minimum atomic E-state index is -0.536. The van der Waals surface area contributed by atoms with E-state index < -0.39 is 11.6 Å². The monoisotopic (exact) mass is 278 g/mol. The standard InChI is InChI=1S/C16H20F2N2/c1-12(2)9-19-10-16-4-3-5-20(16)11-13-6-14(17)8-15(18)7-13/h3-8,12,19H,9-11H2,1-2H3. The molecule has 4 heteroatoms. The maximum absolute atomic E-state index is 13.2. The van der Waals surface area contributed by atoms with Crippen molar-refractivity contribution in [3.63, 3.8) is 0 Å². The Bertz CT molecular complexity index is 541. The van der Waals surface area contributed by atoms with Crippen molar-refractivity contribution in [2.75, 3.05) is 6.54 Å². The fourth-order valence-corrected chi connectivity index (χ4v) is 2.15. The molecule has 0 aliphatic heterocycles. The summed E-state index contributed by atoms with van der Waals surface area (Å²) in [7, 11) is 0. The Balaban J connectivity index is 2.04. The highest BCUT2D eigenvalue weighted by molar-refractivity contribution is 5.20. The van der Waals surface area contributed by atoms with Crippen LogP contribution in [0.15, 0.2) is 36.5 Å². The molecule has 108 valence electrons. The quantitative estimate of drug-likeness (QED) is 0.855. The molecule has 0 spiro atoms. The molecule has 0 unspecified atom stereocenters. The van der Waals surface area contributed by atoms with Gasteiger partial charge < -0.3 is 9.88 Å². The summed E-state index contributed by atoms with van der Waals surface area (Å²) < 4.78 is 28.4. The van der Waals surface area contributed by atoms with E-state index in [9.17, 15) is 8.78 Å². The maximum Gasteiger partial charge on any atom is 0.126 e. The first-order valence-electron chi connectivity index (χ1n) is 6.84. The number of nitrogens with zero attached hydrogens (tertiary/aromatic N) is 1. The van der Waals surface area contributed by atoms with Crippen molar-refractivity contribution >= 4 is 0 Å². The van der Waals surface area contributed by atoms with E-state index in [1.54, 1.807) is 0 Å². The second kappa shape index (κ2) is 6.66. The number of rotatable bonds is 6. The first-order valence-corrected chi connectivity index (χ1v) is 6.84. The summed E-state index contributed by atoms with van der Waals surface area (Å²) in [6, 6.07) is 7.60. The molecule has 1 aromatic heterocycles. The number of aromatic nitrogens is 1. The molecule has 1 aromatic carbocycles. The lowest BCUT2D eigenvalue weighted by Gasteiger charge is -2.12. The third-order valence-corrected chi connectivity index (χ3v) is 3.06. The van der Waals surface area contributed by atoms with Crippen molar-refractivity contribution in [3.8, 4) is 0 Å². The van der Waals surface area contributed by atoms with E-state index in [4.69, 9.17) is 0 Å². The topological polar surface area (TPSA) is 17.0 Å². The molecule has 0 atom stereocenters. The Morgan fingerprint density at radius 3 is 2.50 bits per heavy atom. The molecule has 2 rings (SSSR count). The summed E-state index contributed by atoms with van der Waals surface area (Å²) in [6.07, 6.45) is 1.93. The molecular weight excluding hydrogens is 258 g/mol. The predicted molar refractivity (Wildman–Crippen MR) is 76.4 cm³/mol. The van der Waals surface area contributed by atoms with Crippen molar-refractivity contribution in [1.82, 2.24) is 9.88 Å². The molecule has 2 aromatic rings. The Labute approximate surface area is 118 Å². The van der Waals surface area contributed by atoms with Crippen LogP contribution in [0.5, 0.6) is 0 Å². The third-order valence-electron chi connectivity index (χ3n) is 3.06. The normalized spacial score (nSPS) is 11.2. The van der Waals surface area contributed by atoms with Gasteiger partial charge in [0.05, 0.1) is 0 Å². The van der Waals surface area contributed by atoms with Gasteiger partial charge in [0.15, 0.2) is 0 Å². The van der Waals surface area contributed by atoms with E-state index in [1.807, 2.05) is 22.9 Å². The molecule has 0 saturated heterocycles. The molecule has 0 amide bonds. The van der Waals surface area contributed by atoms with Gasteiger partial charge in [-0.1, -0.05) is 13.8 Å². The van der Waals surface area contributed by atoms with Gasteiger partial charge in [0.2, 0.25) is 0 Å². The fourth-order valence-electron chi connectivity index (χ4n) is 2.15. The molecular formula is C16H20F2N2. The average Bonchev–Trinajstić information content (AvgIpc) is 2.75. The molecule has 0 aliphatic rings. The Hall–Kier alpha value is -1.68. The van der Waals surface area contributed by atoms with Gasteiger partial charge in [-0.05, 0) is 42.3 Å². The lowest BCUT2D eigenvalue weighted by Crippen LogP contribution is -2.21. The van der Waals surface area contributed by atoms with Crippen molar-refractivity contribution in [2.24, 2.45) is 5.92 Å². The van der Waals surface area contributed by atoms with Crippen LogP contribution in [0.4, 0.5) is 8.78 Å². The van der Waals surface area contributed by atoms with E-state index in [0.717, 1.165) is 24.8 Å². The van der Waals surface area contributed by atoms with E-state index >= 15 is 0 Å². The third kappa shape index (κ3) is 4.17. The molecule has 0 bridgehead atoms. The summed E-state index contributed by atoms with van der Waals surface area (Å²) in [6.45, 7) is 6.48. The van der Waals surface area contributed by atoms with Crippen LogP contribution < -0.4 is 5.32 Å². The van der Waals surface area contributed by atoms with Crippen molar-refractivity contribution in [2.45, 2.75) is 26.9 Å². The fraction of sp³-hybridized carbons (Fsp3) is 0.375. The van der Waals surface area contributed by atoms with Crippen LogP contribution in [-0.4, -0.2) is 11.1 Å². The summed E-state index contributed by atoms with van der Waals surface area (Å²) in [4.78, 5) is 0. The average molecular weight is 278 g/mol. The maximum atomic E-state index is 13.2. The van der Waals surface area contributed by atoms with Crippen LogP contribution in [0, 0.1) is 17.6 Å². The lowest BCUT2D eigenvalue weighted by molar-refractivity contribution is 0.538. The van der Waals surface area contributed by atoms with Crippen molar-refractivity contribution in [3.05, 3.63) is 59.4 Å². The van der Waals surface area contributed by atoms with Gasteiger partial charge in [-0.15, -0.1) is 0 Å². The summed E-state index contributed by atoms with van der Waals surface area (Å²) in [5.41, 5.74) is 1.74. The molecule has 1 heterocycles. The van der Waals surface area contributed by atoms with Gasteiger partial charge in [0.25, 0.3) is 0 Å². The number of hydrogen-bond acceptors (Lipinski definition) is 1. The van der Waals surface area contributed by atoms with E-state index in [2.05, 4.69) is 19.2 Å². The molecule has 0 fully saturated rings. The summed E-state index contributed by atoms with van der Waals surface area (Å²) in [5.74, 6) is -0.478. The van der Waals surface area contributed by atoms with Crippen LogP contribution >= 0.6 is 0 Å². The van der Waals surface area contributed by atoms with Crippen LogP contribution in [0.1, 0.15) is 25.1 Å². The molecule has 0 radical (unpaired) electrons. The Kier molecular flexibility index (Phi) is 4.90. The summed E-state index contributed by atoms with van der Waals surface area (Å²) >= 11 is 0.